The van der Waals surface area contributed by atoms with E-state index in [1.807, 2.05) is 6.07 Å². The van der Waals surface area contributed by atoms with Gasteiger partial charge >= 0.3 is 5.63 Å². The van der Waals surface area contributed by atoms with Crippen LogP contribution in [0.15, 0.2) is 33.5 Å². The highest BCUT2D eigenvalue weighted by molar-refractivity contribution is 5.87. The lowest BCUT2D eigenvalue weighted by Crippen LogP contribution is -2.38. The van der Waals surface area contributed by atoms with E-state index in [1.165, 1.54) is 12.5 Å². The van der Waals surface area contributed by atoms with Crippen LogP contribution in [0.3, 0.4) is 0 Å². The smallest absolute Gasteiger partial charge is 0.336 e. The van der Waals surface area contributed by atoms with Gasteiger partial charge in [0.25, 0.3) is 0 Å². The van der Waals surface area contributed by atoms with E-state index < -0.39 is 5.63 Å². The van der Waals surface area contributed by atoms with E-state index in [4.69, 9.17) is 9.15 Å². The molecule has 0 aliphatic heterocycles. The molecule has 0 radical (unpaired) electrons. The third kappa shape index (κ3) is 3.78. The van der Waals surface area contributed by atoms with Gasteiger partial charge in [0, 0.05) is 23.6 Å². The SMILES string of the molecule is COc1ccc2c(CC(=O)N[C@@H]3CCC[C@@H](C)C3)cc(=O)oc2c1. The lowest BCUT2D eigenvalue weighted by atomic mass is 9.87. The van der Waals surface area contributed by atoms with Gasteiger partial charge in [-0.15, -0.1) is 0 Å². The van der Waals surface area contributed by atoms with Crippen molar-refractivity contribution in [2.45, 2.75) is 45.1 Å². The molecule has 1 fully saturated rings. The minimum atomic E-state index is -0.454. The third-order valence-electron chi connectivity index (χ3n) is 4.69. The van der Waals surface area contributed by atoms with Crippen LogP contribution < -0.4 is 15.7 Å². The Morgan fingerprint density at radius 2 is 2.17 bits per heavy atom. The topological polar surface area (TPSA) is 68.5 Å². The summed E-state index contributed by atoms with van der Waals surface area (Å²) in [4.78, 5) is 24.2. The summed E-state index contributed by atoms with van der Waals surface area (Å²) in [5.74, 6) is 1.22. The Bertz CT molecular complexity index is 796. The van der Waals surface area contributed by atoms with Gasteiger partial charge in [-0.1, -0.05) is 19.8 Å². The average Bonchev–Trinajstić information content (AvgIpc) is 2.53. The summed E-state index contributed by atoms with van der Waals surface area (Å²) in [7, 11) is 1.56. The van der Waals surface area contributed by atoms with E-state index in [1.54, 1.807) is 19.2 Å². The molecule has 1 aliphatic carbocycles. The van der Waals surface area contributed by atoms with Crippen LogP contribution in [0, 0.1) is 5.92 Å². The lowest BCUT2D eigenvalue weighted by Gasteiger charge is -2.27. The first-order valence-corrected chi connectivity index (χ1v) is 8.45. The number of nitrogens with one attached hydrogen (secondary N) is 1. The van der Waals surface area contributed by atoms with E-state index in [-0.39, 0.29) is 18.4 Å². The van der Waals surface area contributed by atoms with Crippen molar-refractivity contribution < 1.29 is 13.9 Å². The second-order valence-corrected chi connectivity index (χ2v) is 6.67. The molecule has 24 heavy (non-hydrogen) atoms. The van der Waals surface area contributed by atoms with Crippen LogP contribution in [-0.4, -0.2) is 19.1 Å². The standard InChI is InChI=1S/C19H23NO4/c1-12-4-3-5-14(8-12)20-18(21)9-13-10-19(22)24-17-11-15(23-2)6-7-16(13)17/h6-7,10-12,14H,3-5,8-9H2,1-2H3,(H,20,21)/t12-,14-/m1/s1. The molecular weight excluding hydrogens is 306 g/mol. The van der Waals surface area contributed by atoms with E-state index in [0.717, 1.165) is 24.6 Å². The summed E-state index contributed by atoms with van der Waals surface area (Å²) in [6, 6.07) is 6.93. The van der Waals surface area contributed by atoms with E-state index in [0.29, 0.717) is 22.8 Å². The van der Waals surface area contributed by atoms with Gasteiger partial charge in [0.15, 0.2) is 0 Å². The molecule has 5 heteroatoms. The molecule has 3 rings (SSSR count). The number of rotatable bonds is 4. The monoisotopic (exact) mass is 329 g/mol. The van der Waals surface area contributed by atoms with Gasteiger partial charge in [-0.3, -0.25) is 4.79 Å². The molecule has 2 atom stereocenters. The molecule has 0 bridgehead atoms. The zero-order valence-corrected chi connectivity index (χ0v) is 14.1. The largest absolute Gasteiger partial charge is 0.497 e. The van der Waals surface area contributed by atoms with Crippen LogP contribution in [0.4, 0.5) is 0 Å². The van der Waals surface area contributed by atoms with Gasteiger partial charge in [0.05, 0.1) is 13.5 Å². The lowest BCUT2D eigenvalue weighted by molar-refractivity contribution is -0.121. The maximum absolute atomic E-state index is 12.4. The number of carbonyl (C=O) groups is 1. The quantitative estimate of drug-likeness (QED) is 0.876. The molecule has 128 valence electrons. The molecule has 2 aromatic rings. The number of benzene rings is 1. The minimum absolute atomic E-state index is 0.0446. The first-order chi connectivity index (χ1) is 11.5. The van der Waals surface area contributed by atoms with Crippen LogP contribution in [0.1, 0.15) is 38.2 Å². The van der Waals surface area contributed by atoms with Crippen molar-refractivity contribution in [3.05, 3.63) is 40.2 Å². The Balaban J connectivity index is 1.79. The second kappa shape index (κ2) is 7.07. The Hall–Kier alpha value is -2.30. The first kappa shape index (κ1) is 16.6. The summed E-state index contributed by atoms with van der Waals surface area (Å²) >= 11 is 0. The molecule has 0 unspecified atom stereocenters. The molecule has 1 amide bonds. The number of amides is 1. The average molecular weight is 329 g/mol. The molecule has 5 nitrogen and oxygen atoms in total. The van der Waals surface area contributed by atoms with Crippen molar-refractivity contribution in [3.8, 4) is 5.75 Å². The number of carbonyl (C=O) groups excluding carboxylic acids is 1. The fraction of sp³-hybridized carbons (Fsp3) is 0.474. The van der Waals surface area contributed by atoms with E-state index in [9.17, 15) is 9.59 Å². The zero-order valence-electron chi connectivity index (χ0n) is 14.1. The summed E-state index contributed by atoms with van der Waals surface area (Å²) in [5, 5.41) is 3.87. The van der Waals surface area contributed by atoms with E-state index in [2.05, 4.69) is 12.2 Å². The fourth-order valence-electron chi connectivity index (χ4n) is 3.50. The van der Waals surface area contributed by atoms with Crippen molar-refractivity contribution in [1.82, 2.24) is 5.32 Å². The fourth-order valence-corrected chi connectivity index (χ4v) is 3.50. The summed E-state index contributed by atoms with van der Waals surface area (Å²) < 4.78 is 10.4. The van der Waals surface area contributed by atoms with Crippen molar-refractivity contribution in [2.75, 3.05) is 7.11 Å². The predicted molar refractivity (Wildman–Crippen MR) is 92.3 cm³/mol. The Labute approximate surface area is 141 Å². The Kier molecular flexibility index (Phi) is 4.88. The van der Waals surface area contributed by atoms with Gasteiger partial charge in [0.2, 0.25) is 5.91 Å². The third-order valence-corrected chi connectivity index (χ3v) is 4.69. The molecule has 0 spiro atoms. The highest BCUT2D eigenvalue weighted by atomic mass is 16.5. The zero-order chi connectivity index (χ0) is 17.1. The van der Waals surface area contributed by atoms with Crippen molar-refractivity contribution in [1.29, 1.82) is 0 Å². The van der Waals surface area contributed by atoms with Gasteiger partial charge in [-0.05, 0) is 36.5 Å². The molecule has 1 N–H and O–H groups in total. The number of ether oxygens (including phenoxy) is 1. The van der Waals surface area contributed by atoms with Crippen molar-refractivity contribution >= 4 is 16.9 Å². The van der Waals surface area contributed by atoms with E-state index >= 15 is 0 Å². The van der Waals surface area contributed by atoms with Crippen LogP contribution >= 0.6 is 0 Å². The molecule has 1 aromatic heterocycles. The maximum Gasteiger partial charge on any atom is 0.336 e. The van der Waals surface area contributed by atoms with Crippen LogP contribution in [0.25, 0.3) is 11.0 Å². The summed E-state index contributed by atoms with van der Waals surface area (Å²) in [6.45, 7) is 2.22. The van der Waals surface area contributed by atoms with Gasteiger partial charge in [0.1, 0.15) is 11.3 Å². The normalized spacial score (nSPS) is 20.8. The van der Waals surface area contributed by atoms with Crippen LogP contribution in [0.2, 0.25) is 0 Å². The maximum atomic E-state index is 12.4. The highest BCUT2D eigenvalue weighted by Crippen LogP contribution is 2.25. The molecule has 0 saturated heterocycles. The summed E-state index contributed by atoms with van der Waals surface area (Å²) in [6.07, 6.45) is 4.63. The van der Waals surface area contributed by atoms with Gasteiger partial charge in [-0.2, -0.15) is 0 Å². The summed E-state index contributed by atoms with van der Waals surface area (Å²) in [5.41, 5.74) is 0.672. The molecule has 1 aromatic carbocycles. The minimum Gasteiger partial charge on any atom is -0.497 e. The molecule has 1 aliphatic rings. The Morgan fingerprint density at radius 1 is 1.33 bits per heavy atom. The highest BCUT2D eigenvalue weighted by Gasteiger charge is 2.21. The second-order valence-electron chi connectivity index (χ2n) is 6.67. The van der Waals surface area contributed by atoms with Crippen molar-refractivity contribution in [3.63, 3.8) is 0 Å². The molecule has 1 saturated carbocycles. The van der Waals surface area contributed by atoms with Gasteiger partial charge in [-0.25, -0.2) is 4.79 Å². The van der Waals surface area contributed by atoms with Gasteiger partial charge < -0.3 is 14.5 Å². The number of methoxy groups -OCH3 is 1. The molecule has 1 heterocycles. The Morgan fingerprint density at radius 3 is 2.92 bits per heavy atom. The predicted octanol–water partition coefficient (Wildman–Crippen LogP) is 3.04. The van der Waals surface area contributed by atoms with Crippen molar-refractivity contribution in [2.24, 2.45) is 5.92 Å². The molecular formula is C19H23NO4. The van der Waals surface area contributed by atoms with Crippen LogP contribution in [-0.2, 0) is 11.2 Å². The van der Waals surface area contributed by atoms with Crippen LogP contribution in [0.5, 0.6) is 5.75 Å². The first-order valence-electron chi connectivity index (χ1n) is 8.45. The number of fused-ring (bicyclic) bond motifs is 1. The number of hydrogen-bond donors (Lipinski definition) is 1. The number of hydrogen-bond acceptors (Lipinski definition) is 4.